The van der Waals surface area contributed by atoms with Crippen molar-refractivity contribution in [1.29, 1.82) is 0 Å². The fourth-order valence-electron chi connectivity index (χ4n) is 0.612. The molecule has 0 amide bonds. The van der Waals surface area contributed by atoms with Crippen LogP contribution in [-0.2, 0) is 13.6 Å². The minimum atomic E-state index is -1.95. The summed E-state index contributed by atoms with van der Waals surface area (Å²) in [5, 5.41) is 0. The van der Waals surface area contributed by atoms with Gasteiger partial charge in [0.25, 0.3) is 0 Å². The van der Waals surface area contributed by atoms with Gasteiger partial charge in [0, 0.05) is 0 Å². The molecular formula is C6H16O3P+. The van der Waals surface area contributed by atoms with Crippen LogP contribution < -0.4 is 0 Å². The number of hydrogen-bond donors (Lipinski definition) is 0. The lowest BCUT2D eigenvalue weighted by atomic mass is 10.9. The highest BCUT2D eigenvalue weighted by atomic mass is 31.2. The smallest absolute Gasteiger partial charge is 0.182 e. The highest BCUT2D eigenvalue weighted by Gasteiger charge is 2.35. The normalized spacial score (nSPS) is 12.0. The van der Waals surface area contributed by atoms with Gasteiger partial charge in [-0.2, -0.15) is 13.6 Å². The number of rotatable bonds is 5. The van der Waals surface area contributed by atoms with Gasteiger partial charge in [-0.15, -0.1) is 0 Å². The fourth-order valence-corrected chi connectivity index (χ4v) is 1.84. The van der Waals surface area contributed by atoms with Crippen molar-refractivity contribution in [3.8, 4) is 0 Å². The quantitative estimate of drug-likeness (QED) is 0.587. The van der Waals surface area contributed by atoms with E-state index in [1.54, 1.807) is 7.11 Å². The maximum atomic E-state index is 5.29. The molecule has 3 nitrogen and oxygen atoms in total. The van der Waals surface area contributed by atoms with E-state index in [0.717, 1.165) is 0 Å². The summed E-state index contributed by atoms with van der Waals surface area (Å²) in [6.45, 7) is 6.99. The summed E-state index contributed by atoms with van der Waals surface area (Å²) in [5.74, 6) is 0. The summed E-state index contributed by atoms with van der Waals surface area (Å²) in [7, 11) is -0.340. The molecule has 0 atom stereocenters. The summed E-state index contributed by atoms with van der Waals surface area (Å²) in [4.78, 5) is 0. The lowest BCUT2D eigenvalue weighted by Gasteiger charge is -2.14. The topological polar surface area (TPSA) is 27.7 Å². The highest BCUT2D eigenvalue weighted by molar-refractivity contribution is 7.60. The Kier molecular flexibility index (Phi) is 5.18. The molecule has 0 saturated heterocycles. The summed E-state index contributed by atoms with van der Waals surface area (Å²) < 4.78 is 15.7. The monoisotopic (exact) mass is 167 g/mol. The molecule has 62 valence electrons. The van der Waals surface area contributed by atoms with Gasteiger partial charge in [0.15, 0.2) is 0 Å². The highest BCUT2D eigenvalue weighted by Crippen LogP contribution is 2.57. The molecule has 0 rings (SSSR count). The Morgan fingerprint density at radius 1 is 1.10 bits per heavy atom. The van der Waals surface area contributed by atoms with E-state index in [1.165, 1.54) is 0 Å². The SMILES string of the molecule is CCO[P+](C)(OC)OCC. The third kappa shape index (κ3) is 3.47. The van der Waals surface area contributed by atoms with Gasteiger partial charge >= 0.3 is 7.94 Å². The van der Waals surface area contributed by atoms with E-state index < -0.39 is 7.94 Å². The molecule has 0 aliphatic carbocycles. The van der Waals surface area contributed by atoms with Gasteiger partial charge in [0.1, 0.15) is 6.66 Å². The Bertz CT molecular complexity index is 81.1. The van der Waals surface area contributed by atoms with Crippen molar-refractivity contribution >= 4 is 7.94 Å². The van der Waals surface area contributed by atoms with Crippen molar-refractivity contribution in [2.45, 2.75) is 13.8 Å². The van der Waals surface area contributed by atoms with Gasteiger partial charge < -0.3 is 0 Å². The molecule has 0 N–H and O–H groups in total. The third-order valence-corrected chi connectivity index (χ3v) is 3.18. The second-order valence-corrected chi connectivity index (χ2v) is 4.21. The van der Waals surface area contributed by atoms with Crippen molar-refractivity contribution in [3.63, 3.8) is 0 Å². The van der Waals surface area contributed by atoms with Crippen molar-refractivity contribution < 1.29 is 13.6 Å². The van der Waals surface area contributed by atoms with Crippen molar-refractivity contribution in [1.82, 2.24) is 0 Å². The van der Waals surface area contributed by atoms with Crippen LogP contribution in [0.4, 0.5) is 0 Å². The summed E-state index contributed by atoms with van der Waals surface area (Å²) >= 11 is 0. The molecule has 0 heterocycles. The maximum Gasteiger partial charge on any atom is 0.407 e. The third-order valence-electron chi connectivity index (χ3n) is 1.06. The molecule has 0 unspecified atom stereocenters. The van der Waals surface area contributed by atoms with Crippen LogP contribution in [0.25, 0.3) is 0 Å². The largest absolute Gasteiger partial charge is 0.407 e. The average molecular weight is 167 g/mol. The lowest BCUT2D eigenvalue weighted by Crippen LogP contribution is -2.03. The standard InChI is InChI=1S/C6H16O3P/c1-5-8-10(4,7-3)9-6-2/h5-6H2,1-4H3/q+1. The van der Waals surface area contributed by atoms with Crippen LogP contribution in [0.1, 0.15) is 13.8 Å². The Labute approximate surface area is 63.2 Å². The van der Waals surface area contributed by atoms with Crippen LogP contribution in [0.15, 0.2) is 0 Å². The Hall–Kier alpha value is 0.310. The first kappa shape index (κ1) is 10.3. The van der Waals surface area contributed by atoms with Gasteiger partial charge in [-0.1, -0.05) is 0 Å². The summed E-state index contributed by atoms with van der Waals surface area (Å²) in [6, 6.07) is 0. The Balaban J connectivity index is 3.69. The van der Waals surface area contributed by atoms with Gasteiger partial charge in [-0.25, -0.2) is 0 Å². The Morgan fingerprint density at radius 2 is 1.50 bits per heavy atom. The zero-order chi connectivity index (χ0) is 8.04. The van der Waals surface area contributed by atoms with Crippen LogP contribution in [-0.4, -0.2) is 27.0 Å². The molecule has 4 heteroatoms. The zero-order valence-electron chi connectivity index (χ0n) is 7.09. The van der Waals surface area contributed by atoms with Gasteiger partial charge in [0.2, 0.25) is 0 Å². The van der Waals surface area contributed by atoms with E-state index in [9.17, 15) is 0 Å². The molecule has 0 bridgehead atoms. The van der Waals surface area contributed by atoms with Crippen LogP contribution >= 0.6 is 7.94 Å². The predicted octanol–water partition coefficient (Wildman–Crippen LogP) is 2.10. The minimum absolute atomic E-state index is 0.637. The van der Waals surface area contributed by atoms with Crippen LogP contribution in [0.2, 0.25) is 0 Å². The molecule has 0 radical (unpaired) electrons. The van der Waals surface area contributed by atoms with Crippen molar-refractivity contribution in [3.05, 3.63) is 0 Å². The minimum Gasteiger partial charge on any atom is -0.182 e. The molecule has 0 aliphatic rings. The van der Waals surface area contributed by atoms with E-state index in [1.807, 2.05) is 20.5 Å². The average Bonchev–Trinajstić information content (AvgIpc) is 1.89. The maximum absolute atomic E-state index is 5.29. The summed E-state index contributed by atoms with van der Waals surface area (Å²) in [5.41, 5.74) is 0. The van der Waals surface area contributed by atoms with Gasteiger partial charge in [0.05, 0.1) is 20.3 Å². The first-order valence-electron chi connectivity index (χ1n) is 3.39. The summed E-state index contributed by atoms with van der Waals surface area (Å²) in [6.07, 6.45) is 0. The van der Waals surface area contributed by atoms with E-state index in [0.29, 0.717) is 13.2 Å². The molecule has 0 aromatic heterocycles. The van der Waals surface area contributed by atoms with E-state index >= 15 is 0 Å². The fraction of sp³-hybridized carbons (Fsp3) is 1.00. The molecule has 0 aromatic carbocycles. The van der Waals surface area contributed by atoms with E-state index in [-0.39, 0.29) is 0 Å². The second-order valence-electron chi connectivity index (χ2n) is 1.79. The number of hydrogen-bond acceptors (Lipinski definition) is 3. The van der Waals surface area contributed by atoms with Gasteiger partial charge in [-0.05, 0) is 13.8 Å². The molecule has 0 spiro atoms. The molecule has 0 aromatic rings. The first-order chi connectivity index (χ1) is 4.68. The van der Waals surface area contributed by atoms with Gasteiger partial charge in [-0.3, -0.25) is 0 Å². The van der Waals surface area contributed by atoms with E-state index in [2.05, 4.69) is 0 Å². The van der Waals surface area contributed by atoms with Crippen LogP contribution in [0, 0.1) is 0 Å². The van der Waals surface area contributed by atoms with Crippen LogP contribution in [0.3, 0.4) is 0 Å². The first-order valence-corrected chi connectivity index (χ1v) is 5.38. The molecule has 0 saturated carbocycles. The van der Waals surface area contributed by atoms with Crippen molar-refractivity contribution in [2.75, 3.05) is 27.0 Å². The lowest BCUT2D eigenvalue weighted by molar-refractivity contribution is 0.173. The molecular weight excluding hydrogens is 151 g/mol. The predicted molar refractivity (Wildman–Crippen MR) is 43.1 cm³/mol. The Morgan fingerprint density at radius 3 is 1.70 bits per heavy atom. The van der Waals surface area contributed by atoms with Crippen molar-refractivity contribution in [2.24, 2.45) is 0 Å². The molecule has 0 fully saturated rings. The zero-order valence-corrected chi connectivity index (χ0v) is 7.98. The van der Waals surface area contributed by atoms with E-state index in [4.69, 9.17) is 13.6 Å². The molecule has 10 heavy (non-hydrogen) atoms. The second kappa shape index (κ2) is 5.03. The van der Waals surface area contributed by atoms with Crippen LogP contribution in [0.5, 0.6) is 0 Å². The molecule has 0 aliphatic heterocycles.